The van der Waals surface area contributed by atoms with E-state index in [2.05, 4.69) is 35.8 Å². The van der Waals surface area contributed by atoms with Crippen molar-refractivity contribution in [3.8, 4) is 0 Å². The third-order valence-corrected chi connectivity index (χ3v) is 3.64. The van der Waals surface area contributed by atoms with Crippen LogP contribution >= 0.6 is 0 Å². The summed E-state index contributed by atoms with van der Waals surface area (Å²) in [4.78, 5) is 23.5. The average Bonchev–Trinajstić information content (AvgIpc) is 2.67. The molecule has 1 aromatic rings. The summed E-state index contributed by atoms with van der Waals surface area (Å²) in [5.41, 5.74) is 1.41. The summed E-state index contributed by atoms with van der Waals surface area (Å²) >= 11 is 0. The molecule has 17 heavy (non-hydrogen) atoms. The van der Waals surface area contributed by atoms with E-state index in [0.717, 1.165) is 25.3 Å². The Morgan fingerprint density at radius 3 is 2.71 bits per heavy atom. The number of nitrogens with zero attached hydrogens (tertiary/aromatic N) is 3. The highest BCUT2D eigenvalue weighted by molar-refractivity contribution is 5.93. The van der Waals surface area contributed by atoms with E-state index in [9.17, 15) is 4.79 Å². The van der Waals surface area contributed by atoms with Crippen LogP contribution in [0.15, 0.2) is 6.33 Å². The smallest absolute Gasteiger partial charge is 0.274 e. The van der Waals surface area contributed by atoms with Gasteiger partial charge < -0.3 is 9.88 Å². The Morgan fingerprint density at radius 1 is 1.47 bits per heavy atom. The second-order valence-electron chi connectivity index (χ2n) is 5.34. The number of rotatable bonds is 1. The first-order valence-electron chi connectivity index (χ1n) is 5.92. The van der Waals surface area contributed by atoms with Crippen LogP contribution in [0.25, 0.3) is 0 Å². The molecule has 2 heterocycles. The van der Waals surface area contributed by atoms with Crippen LogP contribution in [-0.2, 0) is 0 Å². The molecule has 0 radical (unpaired) electrons. The molecule has 5 nitrogen and oxygen atoms in total. The minimum absolute atomic E-state index is 0.0259. The third-order valence-electron chi connectivity index (χ3n) is 3.64. The van der Waals surface area contributed by atoms with Crippen LogP contribution < -0.4 is 0 Å². The van der Waals surface area contributed by atoms with Crippen molar-refractivity contribution in [3.63, 3.8) is 0 Å². The number of likely N-dealkylation sites (N-methyl/N-ethyl adjacent to an activating group) is 1. The third kappa shape index (κ3) is 2.20. The van der Waals surface area contributed by atoms with Gasteiger partial charge in [0.25, 0.3) is 5.91 Å². The van der Waals surface area contributed by atoms with Gasteiger partial charge in [-0.15, -0.1) is 0 Å². The SMILES string of the molecule is Cc1[nH]cnc1C(=O)N1CCN(C)C(C)(C)C1. The number of piperazine rings is 1. The van der Waals surface area contributed by atoms with Crippen molar-refractivity contribution < 1.29 is 4.79 Å². The Morgan fingerprint density at radius 2 is 2.18 bits per heavy atom. The lowest BCUT2D eigenvalue weighted by atomic mass is 9.99. The number of hydrogen-bond donors (Lipinski definition) is 1. The molecule has 0 aliphatic carbocycles. The lowest BCUT2D eigenvalue weighted by Crippen LogP contribution is -2.58. The van der Waals surface area contributed by atoms with E-state index in [0.29, 0.717) is 5.69 Å². The first-order chi connectivity index (χ1) is 7.92. The minimum atomic E-state index is 0.0259. The number of carbonyl (C=O) groups excluding carboxylic acids is 1. The Hall–Kier alpha value is -1.36. The standard InChI is InChI=1S/C12H20N4O/c1-9-10(14-8-13-9)11(17)16-6-5-15(4)12(2,3)7-16/h8H,5-7H2,1-4H3,(H,13,14). The van der Waals surface area contributed by atoms with Gasteiger partial charge in [-0.2, -0.15) is 0 Å². The second kappa shape index (κ2) is 4.14. The van der Waals surface area contributed by atoms with E-state index in [-0.39, 0.29) is 11.4 Å². The predicted molar refractivity (Wildman–Crippen MR) is 65.9 cm³/mol. The van der Waals surface area contributed by atoms with Crippen molar-refractivity contribution in [3.05, 3.63) is 17.7 Å². The molecule has 5 heteroatoms. The van der Waals surface area contributed by atoms with Crippen molar-refractivity contribution >= 4 is 5.91 Å². The number of H-pyrrole nitrogens is 1. The van der Waals surface area contributed by atoms with Crippen LogP contribution in [-0.4, -0.2) is 57.9 Å². The molecular formula is C12H20N4O. The van der Waals surface area contributed by atoms with Crippen LogP contribution in [0.5, 0.6) is 0 Å². The zero-order chi connectivity index (χ0) is 12.6. The fourth-order valence-corrected chi connectivity index (χ4v) is 2.14. The monoisotopic (exact) mass is 236 g/mol. The lowest BCUT2D eigenvalue weighted by Gasteiger charge is -2.45. The van der Waals surface area contributed by atoms with Crippen LogP contribution in [0.1, 0.15) is 30.0 Å². The molecule has 1 aromatic heterocycles. The van der Waals surface area contributed by atoms with Gasteiger partial charge >= 0.3 is 0 Å². The first kappa shape index (κ1) is 12.1. The Kier molecular flexibility index (Phi) is 2.95. The van der Waals surface area contributed by atoms with Crippen LogP contribution in [0.4, 0.5) is 0 Å². The van der Waals surface area contributed by atoms with Gasteiger partial charge in [-0.1, -0.05) is 0 Å². The molecule has 1 amide bonds. The number of hydrogen-bond acceptors (Lipinski definition) is 3. The van der Waals surface area contributed by atoms with Crippen molar-refractivity contribution in [2.24, 2.45) is 0 Å². The zero-order valence-corrected chi connectivity index (χ0v) is 10.9. The van der Waals surface area contributed by atoms with E-state index < -0.39 is 0 Å². The molecule has 0 saturated carbocycles. The van der Waals surface area contributed by atoms with Gasteiger partial charge in [0.05, 0.1) is 6.33 Å². The van der Waals surface area contributed by atoms with Gasteiger partial charge in [-0.25, -0.2) is 4.98 Å². The molecule has 1 N–H and O–H groups in total. The molecule has 0 atom stereocenters. The Labute approximate surface area is 102 Å². The first-order valence-corrected chi connectivity index (χ1v) is 5.92. The van der Waals surface area contributed by atoms with Gasteiger partial charge in [-0.3, -0.25) is 9.69 Å². The Balaban J connectivity index is 2.15. The molecule has 2 rings (SSSR count). The molecule has 0 aromatic carbocycles. The number of nitrogens with one attached hydrogen (secondary N) is 1. The summed E-state index contributed by atoms with van der Waals surface area (Å²) in [5, 5.41) is 0. The van der Waals surface area contributed by atoms with Gasteiger partial charge in [0.1, 0.15) is 5.69 Å². The fourth-order valence-electron chi connectivity index (χ4n) is 2.14. The maximum atomic E-state index is 12.3. The number of carbonyl (C=O) groups is 1. The molecule has 1 fully saturated rings. The lowest BCUT2D eigenvalue weighted by molar-refractivity contribution is 0.0307. The second-order valence-corrected chi connectivity index (χ2v) is 5.34. The van der Waals surface area contributed by atoms with Crippen molar-refractivity contribution in [1.82, 2.24) is 19.8 Å². The molecule has 1 saturated heterocycles. The quantitative estimate of drug-likeness (QED) is 0.787. The molecule has 1 aliphatic rings. The molecular weight excluding hydrogens is 216 g/mol. The number of imidazole rings is 1. The highest BCUT2D eigenvalue weighted by atomic mass is 16.2. The van der Waals surface area contributed by atoms with E-state index in [1.165, 1.54) is 0 Å². The normalized spacial score (nSPS) is 20.6. The number of aromatic amines is 1. The topological polar surface area (TPSA) is 52.2 Å². The molecule has 94 valence electrons. The van der Waals surface area contributed by atoms with Gasteiger partial charge in [0, 0.05) is 30.9 Å². The largest absolute Gasteiger partial charge is 0.348 e. The maximum Gasteiger partial charge on any atom is 0.274 e. The van der Waals surface area contributed by atoms with Crippen LogP contribution in [0.3, 0.4) is 0 Å². The van der Waals surface area contributed by atoms with Crippen molar-refractivity contribution in [1.29, 1.82) is 0 Å². The summed E-state index contributed by atoms with van der Waals surface area (Å²) < 4.78 is 0. The van der Waals surface area contributed by atoms with Crippen molar-refractivity contribution in [2.75, 3.05) is 26.7 Å². The highest BCUT2D eigenvalue weighted by Gasteiger charge is 2.34. The number of aromatic nitrogens is 2. The summed E-state index contributed by atoms with van der Waals surface area (Å²) in [6, 6.07) is 0. The molecule has 1 aliphatic heterocycles. The molecule has 0 bridgehead atoms. The minimum Gasteiger partial charge on any atom is -0.348 e. The predicted octanol–water partition coefficient (Wildman–Crippen LogP) is 0.884. The van der Waals surface area contributed by atoms with E-state index in [1.807, 2.05) is 11.8 Å². The van der Waals surface area contributed by atoms with Gasteiger partial charge in [-0.05, 0) is 27.8 Å². The maximum absolute atomic E-state index is 12.3. The summed E-state index contributed by atoms with van der Waals surface area (Å²) in [6.07, 6.45) is 1.57. The van der Waals surface area contributed by atoms with Gasteiger partial charge in [0.2, 0.25) is 0 Å². The van der Waals surface area contributed by atoms with E-state index >= 15 is 0 Å². The fraction of sp³-hybridized carbons (Fsp3) is 0.667. The molecule has 0 spiro atoms. The van der Waals surface area contributed by atoms with Crippen LogP contribution in [0.2, 0.25) is 0 Å². The van der Waals surface area contributed by atoms with E-state index in [1.54, 1.807) is 6.33 Å². The summed E-state index contributed by atoms with van der Waals surface area (Å²) in [5.74, 6) is 0.0323. The summed E-state index contributed by atoms with van der Waals surface area (Å²) in [6.45, 7) is 8.61. The van der Waals surface area contributed by atoms with E-state index in [4.69, 9.17) is 0 Å². The zero-order valence-electron chi connectivity index (χ0n) is 10.9. The Bertz CT molecular complexity index is 424. The van der Waals surface area contributed by atoms with Crippen LogP contribution in [0, 0.1) is 6.92 Å². The van der Waals surface area contributed by atoms with Gasteiger partial charge in [0.15, 0.2) is 0 Å². The average molecular weight is 236 g/mol. The summed E-state index contributed by atoms with van der Waals surface area (Å²) in [7, 11) is 2.10. The molecule has 0 unspecified atom stereocenters. The van der Waals surface area contributed by atoms with Crippen molar-refractivity contribution in [2.45, 2.75) is 26.3 Å². The number of amides is 1. The highest BCUT2D eigenvalue weighted by Crippen LogP contribution is 2.20. The number of aryl methyl sites for hydroxylation is 1.